The molecule has 80 valence electrons. The Morgan fingerprint density at radius 3 is 2.57 bits per heavy atom. The number of alkyl halides is 3. The number of nitrogens with zero attached hydrogens (tertiary/aromatic N) is 2. The van der Waals surface area contributed by atoms with Gasteiger partial charge in [0.05, 0.1) is 17.3 Å². The maximum absolute atomic E-state index is 11.9. The summed E-state index contributed by atoms with van der Waals surface area (Å²) in [7, 11) is 0. The van der Waals surface area contributed by atoms with Crippen molar-refractivity contribution in [1.82, 2.24) is 9.78 Å². The number of hydrogen-bond acceptors (Lipinski definition) is 2. The third kappa shape index (κ3) is 2.62. The van der Waals surface area contributed by atoms with Gasteiger partial charge in [-0.05, 0) is 6.92 Å². The van der Waals surface area contributed by atoms with Gasteiger partial charge in [-0.1, -0.05) is 11.6 Å². The first-order valence-corrected chi connectivity index (χ1v) is 4.13. The fourth-order valence-electron chi connectivity index (χ4n) is 0.868. The van der Waals surface area contributed by atoms with E-state index in [2.05, 4.69) is 5.10 Å². The van der Waals surface area contributed by atoms with Gasteiger partial charge in [0.2, 0.25) is 0 Å². The van der Waals surface area contributed by atoms with Crippen LogP contribution in [0.15, 0.2) is 6.20 Å². The normalized spacial score (nSPS) is 14.4. The third-order valence-electron chi connectivity index (χ3n) is 1.62. The van der Waals surface area contributed by atoms with Gasteiger partial charge in [-0.15, -0.1) is 0 Å². The zero-order valence-electron chi connectivity index (χ0n) is 7.22. The molecular formula is C7H8ClF3N2O. The van der Waals surface area contributed by atoms with Gasteiger partial charge >= 0.3 is 6.18 Å². The lowest BCUT2D eigenvalue weighted by molar-refractivity contribution is -0.208. The van der Waals surface area contributed by atoms with Gasteiger partial charge < -0.3 is 5.11 Å². The summed E-state index contributed by atoms with van der Waals surface area (Å²) < 4.78 is 36.7. The first-order chi connectivity index (χ1) is 6.30. The molecule has 1 aromatic heterocycles. The predicted octanol–water partition coefficient (Wildman–Crippen LogP) is 1.77. The molecule has 1 unspecified atom stereocenters. The molecule has 0 fully saturated rings. The van der Waals surface area contributed by atoms with Crippen molar-refractivity contribution in [2.75, 3.05) is 0 Å². The number of aliphatic hydroxyl groups excluding tert-OH is 1. The summed E-state index contributed by atoms with van der Waals surface area (Å²) in [5.41, 5.74) is 0.432. The second-order valence-corrected chi connectivity index (χ2v) is 3.25. The molecule has 3 nitrogen and oxygen atoms in total. The highest BCUT2D eigenvalue weighted by atomic mass is 35.5. The molecule has 1 aromatic rings. The van der Waals surface area contributed by atoms with E-state index in [-0.39, 0.29) is 5.02 Å². The highest BCUT2D eigenvalue weighted by molar-refractivity contribution is 6.31. The fraction of sp³-hybridized carbons (Fsp3) is 0.571. The van der Waals surface area contributed by atoms with Crippen LogP contribution in [0.2, 0.25) is 5.02 Å². The van der Waals surface area contributed by atoms with Crippen LogP contribution in [0, 0.1) is 6.92 Å². The molecule has 14 heavy (non-hydrogen) atoms. The number of hydrogen-bond donors (Lipinski definition) is 1. The van der Waals surface area contributed by atoms with Crippen LogP contribution in [0.3, 0.4) is 0 Å². The molecule has 1 rings (SSSR count). The Bertz CT molecular complexity index is 304. The lowest BCUT2D eigenvalue weighted by Crippen LogP contribution is -2.32. The fourth-order valence-corrected chi connectivity index (χ4v) is 1.02. The van der Waals surface area contributed by atoms with Gasteiger partial charge in [-0.3, -0.25) is 4.68 Å². The van der Waals surface area contributed by atoms with E-state index in [9.17, 15) is 13.2 Å². The van der Waals surface area contributed by atoms with Crippen LogP contribution in [0.5, 0.6) is 0 Å². The number of aliphatic hydroxyl groups is 1. The molecule has 0 aliphatic rings. The quantitative estimate of drug-likeness (QED) is 0.838. The summed E-state index contributed by atoms with van der Waals surface area (Å²) in [5.74, 6) is 0. The van der Waals surface area contributed by atoms with Gasteiger partial charge in [0.15, 0.2) is 6.10 Å². The van der Waals surface area contributed by atoms with Crippen molar-refractivity contribution in [2.45, 2.75) is 25.7 Å². The van der Waals surface area contributed by atoms with Gasteiger partial charge in [0.25, 0.3) is 0 Å². The summed E-state index contributed by atoms with van der Waals surface area (Å²) in [4.78, 5) is 0. The Morgan fingerprint density at radius 2 is 2.21 bits per heavy atom. The zero-order valence-corrected chi connectivity index (χ0v) is 7.97. The number of halogens is 4. The largest absolute Gasteiger partial charge is 0.416 e. The summed E-state index contributed by atoms with van der Waals surface area (Å²) in [6.45, 7) is 0.926. The molecule has 1 N–H and O–H groups in total. The molecule has 0 amide bonds. The molecule has 7 heteroatoms. The molecule has 0 aliphatic heterocycles. The SMILES string of the molecule is Cc1nn(CC(O)C(F)(F)F)cc1Cl. The van der Waals surface area contributed by atoms with E-state index in [1.54, 1.807) is 6.92 Å². The molecule has 1 atom stereocenters. The van der Waals surface area contributed by atoms with E-state index in [0.29, 0.717) is 5.69 Å². The Kier molecular flexibility index (Phi) is 3.06. The second-order valence-electron chi connectivity index (χ2n) is 2.84. The summed E-state index contributed by atoms with van der Waals surface area (Å²) >= 11 is 5.58. The van der Waals surface area contributed by atoms with E-state index in [4.69, 9.17) is 16.7 Å². The minimum Gasteiger partial charge on any atom is -0.382 e. The minimum absolute atomic E-state index is 0.277. The summed E-state index contributed by atoms with van der Waals surface area (Å²) in [5, 5.41) is 12.7. The molecule has 0 aliphatic carbocycles. The Hall–Kier alpha value is -0.750. The third-order valence-corrected chi connectivity index (χ3v) is 2.00. The monoisotopic (exact) mass is 228 g/mol. The molecule has 0 aromatic carbocycles. The van der Waals surface area contributed by atoms with Gasteiger partial charge in [-0.25, -0.2) is 0 Å². The highest BCUT2D eigenvalue weighted by Gasteiger charge is 2.38. The van der Waals surface area contributed by atoms with Crippen molar-refractivity contribution >= 4 is 11.6 Å². The molecule has 0 spiro atoms. The molecule has 0 saturated heterocycles. The van der Waals surface area contributed by atoms with Crippen molar-refractivity contribution in [2.24, 2.45) is 0 Å². The van der Waals surface area contributed by atoms with E-state index in [0.717, 1.165) is 4.68 Å². The standard InChI is InChI=1S/C7H8ClF3N2O/c1-4-5(8)2-13(12-4)3-6(14)7(9,10)11/h2,6,14H,3H2,1H3. The first-order valence-electron chi connectivity index (χ1n) is 3.75. The summed E-state index contributed by atoms with van der Waals surface area (Å²) in [6, 6.07) is 0. The van der Waals surface area contributed by atoms with E-state index in [1.807, 2.05) is 0 Å². The van der Waals surface area contributed by atoms with Gasteiger partial charge in [0, 0.05) is 6.20 Å². The van der Waals surface area contributed by atoms with Crippen LogP contribution in [-0.2, 0) is 6.54 Å². The van der Waals surface area contributed by atoms with E-state index in [1.165, 1.54) is 6.20 Å². The molecule has 1 heterocycles. The van der Waals surface area contributed by atoms with Crippen molar-refractivity contribution in [3.05, 3.63) is 16.9 Å². The second kappa shape index (κ2) is 3.78. The molecule has 0 bridgehead atoms. The minimum atomic E-state index is -4.63. The lowest BCUT2D eigenvalue weighted by atomic mass is 10.3. The van der Waals surface area contributed by atoms with Crippen molar-refractivity contribution in [3.8, 4) is 0 Å². The number of aryl methyl sites for hydroxylation is 1. The van der Waals surface area contributed by atoms with Gasteiger partial charge in [0.1, 0.15) is 0 Å². The van der Waals surface area contributed by atoms with Gasteiger partial charge in [-0.2, -0.15) is 18.3 Å². The Morgan fingerprint density at radius 1 is 1.64 bits per heavy atom. The van der Waals surface area contributed by atoms with Crippen LogP contribution >= 0.6 is 11.6 Å². The number of rotatable bonds is 2. The van der Waals surface area contributed by atoms with Crippen molar-refractivity contribution < 1.29 is 18.3 Å². The predicted molar refractivity (Wildman–Crippen MR) is 44.0 cm³/mol. The highest BCUT2D eigenvalue weighted by Crippen LogP contribution is 2.21. The van der Waals surface area contributed by atoms with Crippen LogP contribution in [0.25, 0.3) is 0 Å². The number of aromatic nitrogens is 2. The van der Waals surface area contributed by atoms with Crippen molar-refractivity contribution in [3.63, 3.8) is 0 Å². The first kappa shape index (κ1) is 11.3. The van der Waals surface area contributed by atoms with Crippen LogP contribution in [0.1, 0.15) is 5.69 Å². The Balaban J connectivity index is 2.70. The van der Waals surface area contributed by atoms with Crippen molar-refractivity contribution in [1.29, 1.82) is 0 Å². The Labute approximate surface area is 83.1 Å². The topological polar surface area (TPSA) is 38.0 Å². The maximum atomic E-state index is 11.9. The lowest BCUT2D eigenvalue weighted by Gasteiger charge is -2.13. The molecule has 0 saturated carbocycles. The zero-order chi connectivity index (χ0) is 10.9. The molecule has 0 radical (unpaired) electrons. The van der Waals surface area contributed by atoms with Crippen LogP contribution in [0.4, 0.5) is 13.2 Å². The average molecular weight is 229 g/mol. The average Bonchev–Trinajstić information content (AvgIpc) is 2.29. The van der Waals surface area contributed by atoms with E-state index >= 15 is 0 Å². The smallest absolute Gasteiger partial charge is 0.382 e. The van der Waals surface area contributed by atoms with E-state index < -0.39 is 18.8 Å². The van der Waals surface area contributed by atoms with Crippen LogP contribution < -0.4 is 0 Å². The molecular weight excluding hydrogens is 221 g/mol. The maximum Gasteiger partial charge on any atom is 0.416 e. The van der Waals surface area contributed by atoms with Crippen LogP contribution in [-0.4, -0.2) is 27.2 Å². The summed E-state index contributed by atoms with van der Waals surface area (Å²) in [6.07, 6.45) is -5.81.